The van der Waals surface area contributed by atoms with Crippen molar-refractivity contribution in [2.24, 2.45) is 0 Å². The van der Waals surface area contributed by atoms with Crippen LogP contribution in [-0.2, 0) is 12.8 Å². The third kappa shape index (κ3) is 2.59. The molecule has 6 heteroatoms. The maximum atomic E-state index is 12.1. The van der Waals surface area contributed by atoms with E-state index in [4.69, 9.17) is 4.42 Å². The number of fused-ring (bicyclic) bond motifs is 1. The molecule has 0 aliphatic heterocycles. The van der Waals surface area contributed by atoms with Crippen molar-refractivity contribution in [1.29, 1.82) is 0 Å². The molecule has 0 saturated carbocycles. The molecule has 0 atom stereocenters. The van der Waals surface area contributed by atoms with Crippen molar-refractivity contribution in [2.45, 2.75) is 46.0 Å². The van der Waals surface area contributed by atoms with Crippen molar-refractivity contribution in [1.82, 2.24) is 9.97 Å². The molecule has 0 fully saturated rings. The monoisotopic (exact) mass is 278 g/mol. The van der Waals surface area contributed by atoms with E-state index in [2.05, 4.69) is 9.97 Å². The lowest BCUT2D eigenvalue weighted by atomic mass is 9.98. The molecule has 0 spiro atoms. The lowest BCUT2D eigenvalue weighted by Gasteiger charge is -2.09. The van der Waals surface area contributed by atoms with Crippen LogP contribution in [0.5, 0.6) is 0 Å². The van der Waals surface area contributed by atoms with Gasteiger partial charge in [0.15, 0.2) is 0 Å². The summed E-state index contributed by atoms with van der Waals surface area (Å²) in [4.78, 5) is 39.9. The number of hydrogen-bond donors (Lipinski definition) is 2. The van der Waals surface area contributed by atoms with Gasteiger partial charge in [0.05, 0.1) is 0 Å². The number of nitrogens with one attached hydrogen (secondary N) is 2. The van der Waals surface area contributed by atoms with Crippen LogP contribution in [0.1, 0.15) is 44.2 Å². The predicted molar refractivity (Wildman–Crippen MR) is 76.3 cm³/mol. The van der Waals surface area contributed by atoms with E-state index in [9.17, 15) is 14.4 Å². The standard InChI is InChI=1S/C14H18N2O4/c1-3-5-7-9-8(6-4-2)10-11(17)15-14(19)16-12(10)20-13(9)18/h3-7H2,1-2H3,(H2,15,16,17,19). The van der Waals surface area contributed by atoms with E-state index in [0.29, 0.717) is 24.0 Å². The van der Waals surface area contributed by atoms with Crippen LogP contribution in [0.4, 0.5) is 0 Å². The molecule has 0 aliphatic rings. The summed E-state index contributed by atoms with van der Waals surface area (Å²) in [5.41, 5.74) is -0.422. The van der Waals surface area contributed by atoms with Crippen LogP contribution in [0.3, 0.4) is 0 Å². The van der Waals surface area contributed by atoms with Crippen LogP contribution < -0.4 is 16.9 Å². The second kappa shape index (κ2) is 5.90. The van der Waals surface area contributed by atoms with Crippen LogP contribution in [0.15, 0.2) is 18.8 Å². The topological polar surface area (TPSA) is 95.9 Å². The Kier molecular flexibility index (Phi) is 4.22. The molecule has 2 heterocycles. The molecule has 6 nitrogen and oxygen atoms in total. The van der Waals surface area contributed by atoms with Crippen LogP contribution in [0, 0.1) is 0 Å². The average molecular weight is 278 g/mol. The van der Waals surface area contributed by atoms with E-state index in [1.54, 1.807) is 0 Å². The largest absolute Gasteiger partial charge is 0.405 e. The first-order valence-corrected chi connectivity index (χ1v) is 6.89. The summed E-state index contributed by atoms with van der Waals surface area (Å²) in [6.45, 7) is 4.01. The molecule has 0 saturated heterocycles. The SMILES string of the molecule is CCCCc1c(CCC)c2c(=O)[nH]c(=O)[nH]c2oc1=O. The Hall–Kier alpha value is -2.11. The fourth-order valence-corrected chi connectivity index (χ4v) is 2.38. The number of aryl methyl sites for hydroxylation is 1. The highest BCUT2D eigenvalue weighted by molar-refractivity contribution is 5.76. The minimum absolute atomic E-state index is 0.0348. The van der Waals surface area contributed by atoms with Gasteiger partial charge >= 0.3 is 11.3 Å². The van der Waals surface area contributed by atoms with Crippen molar-refractivity contribution in [2.75, 3.05) is 0 Å². The molecule has 108 valence electrons. The summed E-state index contributed by atoms with van der Waals surface area (Å²) >= 11 is 0. The predicted octanol–water partition coefficient (Wildman–Crippen LogP) is 1.46. The quantitative estimate of drug-likeness (QED) is 0.865. The molecular weight excluding hydrogens is 260 g/mol. The highest BCUT2D eigenvalue weighted by Crippen LogP contribution is 2.17. The smallest absolute Gasteiger partial charge is 0.340 e. The Morgan fingerprint density at radius 1 is 0.950 bits per heavy atom. The summed E-state index contributed by atoms with van der Waals surface area (Å²) in [7, 11) is 0. The molecule has 2 N–H and O–H groups in total. The molecular formula is C14H18N2O4. The van der Waals surface area contributed by atoms with Gasteiger partial charge in [0.2, 0.25) is 5.71 Å². The summed E-state index contributed by atoms with van der Waals surface area (Å²) in [6.07, 6.45) is 3.80. The summed E-state index contributed by atoms with van der Waals surface area (Å²) < 4.78 is 5.11. The minimum atomic E-state index is -0.672. The second-order valence-corrected chi connectivity index (χ2v) is 4.81. The summed E-state index contributed by atoms with van der Waals surface area (Å²) in [6, 6.07) is 0. The van der Waals surface area contributed by atoms with E-state index in [1.165, 1.54) is 0 Å². The number of aromatic nitrogens is 2. The molecule has 2 aromatic heterocycles. The Morgan fingerprint density at radius 3 is 2.35 bits per heavy atom. The number of hydrogen-bond acceptors (Lipinski definition) is 4. The van der Waals surface area contributed by atoms with Gasteiger partial charge in [0.1, 0.15) is 5.39 Å². The third-order valence-electron chi connectivity index (χ3n) is 3.30. The van der Waals surface area contributed by atoms with Crippen molar-refractivity contribution in [3.05, 3.63) is 42.4 Å². The van der Waals surface area contributed by atoms with Gasteiger partial charge in [-0.1, -0.05) is 26.7 Å². The Labute approximate surface area is 114 Å². The fourth-order valence-electron chi connectivity index (χ4n) is 2.38. The van der Waals surface area contributed by atoms with Crippen molar-refractivity contribution < 1.29 is 4.42 Å². The van der Waals surface area contributed by atoms with E-state index >= 15 is 0 Å². The van der Waals surface area contributed by atoms with E-state index < -0.39 is 16.9 Å². The van der Waals surface area contributed by atoms with Crippen molar-refractivity contribution >= 4 is 11.1 Å². The molecule has 0 bridgehead atoms. The Bertz CT molecular complexity index is 782. The first kappa shape index (κ1) is 14.3. The van der Waals surface area contributed by atoms with E-state index in [1.807, 2.05) is 13.8 Å². The van der Waals surface area contributed by atoms with Gasteiger partial charge in [-0.3, -0.25) is 14.8 Å². The zero-order valence-electron chi connectivity index (χ0n) is 11.7. The summed E-state index contributed by atoms with van der Waals surface area (Å²) in [5, 5.41) is 0.289. The fraction of sp³-hybridized carbons (Fsp3) is 0.500. The van der Waals surface area contributed by atoms with Gasteiger partial charge in [-0.25, -0.2) is 9.59 Å². The van der Waals surface area contributed by atoms with E-state index in [0.717, 1.165) is 19.3 Å². The lowest BCUT2D eigenvalue weighted by molar-refractivity contribution is 0.530. The maximum Gasteiger partial charge on any atom is 0.340 e. The van der Waals surface area contributed by atoms with Crippen LogP contribution in [0.25, 0.3) is 11.1 Å². The van der Waals surface area contributed by atoms with Gasteiger partial charge in [-0.15, -0.1) is 0 Å². The highest BCUT2D eigenvalue weighted by Gasteiger charge is 2.17. The maximum absolute atomic E-state index is 12.1. The van der Waals surface area contributed by atoms with Crippen LogP contribution in [-0.4, -0.2) is 9.97 Å². The molecule has 0 radical (unpaired) electrons. The molecule has 0 amide bonds. The van der Waals surface area contributed by atoms with Gasteiger partial charge in [0, 0.05) is 5.56 Å². The molecule has 0 aromatic carbocycles. The van der Waals surface area contributed by atoms with Crippen molar-refractivity contribution in [3.63, 3.8) is 0 Å². The Balaban J connectivity index is 2.82. The van der Waals surface area contributed by atoms with Crippen molar-refractivity contribution in [3.8, 4) is 0 Å². The van der Waals surface area contributed by atoms with Crippen LogP contribution >= 0.6 is 0 Å². The molecule has 2 aromatic rings. The van der Waals surface area contributed by atoms with Gasteiger partial charge in [-0.05, 0) is 24.8 Å². The average Bonchev–Trinajstić information content (AvgIpc) is 2.37. The second-order valence-electron chi connectivity index (χ2n) is 4.81. The lowest BCUT2D eigenvalue weighted by Crippen LogP contribution is -2.25. The molecule has 2 rings (SSSR count). The van der Waals surface area contributed by atoms with Gasteiger partial charge < -0.3 is 4.42 Å². The zero-order chi connectivity index (χ0) is 14.7. The first-order chi connectivity index (χ1) is 9.58. The Morgan fingerprint density at radius 2 is 1.70 bits per heavy atom. The number of rotatable bonds is 5. The zero-order valence-corrected chi connectivity index (χ0v) is 11.7. The summed E-state index contributed by atoms with van der Waals surface area (Å²) in [5.74, 6) is 0. The number of unbranched alkanes of at least 4 members (excludes halogenated alkanes) is 1. The molecule has 20 heavy (non-hydrogen) atoms. The normalized spacial score (nSPS) is 11.1. The van der Waals surface area contributed by atoms with Crippen LogP contribution in [0.2, 0.25) is 0 Å². The molecule has 0 aliphatic carbocycles. The van der Waals surface area contributed by atoms with Gasteiger partial charge in [0.25, 0.3) is 5.56 Å². The van der Waals surface area contributed by atoms with Gasteiger partial charge in [-0.2, -0.15) is 0 Å². The number of aromatic amines is 2. The number of H-pyrrole nitrogens is 2. The first-order valence-electron chi connectivity index (χ1n) is 6.89. The minimum Gasteiger partial charge on any atom is -0.405 e. The highest BCUT2D eigenvalue weighted by atomic mass is 16.4. The third-order valence-corrected chi connectivity index (χ3v) is 3.30. The molecule has 0 unspecified atom stereocenters. The van der Waals surface area contributed by atoms with E-state index in [-0.39, 0.29) is 11.1 Å².